The lowest BCUT2D eigenvalue weighted by Crippen LogP contribution is -2.30. The Morgan fingerprint density at radius 1 is 1.56 bits per heavy atom. The Morgan fingerprint density at radius 2 is 2.31 bits per heavy atom. The quantitative estimate of drug-likeness (QED) is 0.583. The Balaban J connectivity index is 2.52. The summed E-state index contributed by atoms with van der Waals surface area (Å²) in [5, 5.41) is 0. The van der Waals surface area contributed by atoms with Gasteiger partial charge in [0.1, 0.15) is 5.82 Å². The topological polar surface area (TPSA) is 54.2 Å². The predicted molar refractivity (Wildman–Crippen MR) is 71.4 cm³/mol. The highest BCUT2D eigenvalue weighted by Crippen LogP contribution is 2.10. The first-order valence-corrected chi connectivity index (χ1v) is 6.67. The Hall–Kier alpha value is -0.780. The van der Waals surface area contributed by atoms with Crippen molar-refractivity contribution in [2.75, 3.05) is 24.5 Å². The van der Waals surface area contributed by atoms with Crippen LogP contribution in [0.5, 0.6) is 0 Å². The molecule has 0 bridgehead atoms. The Labute approximate surface area is 102 Å². The third-order valence-electron chi connectivity index (χ3n) is 2.56. The molecule has 1 aromatic rings. The molecular formula is C11H20N4S. The molecule has 0 amide bonds. The average Bonchev–Trinajstić information content (AvgIpc) is 2.30. The van der Waals surface area contributed by atoms with E-state index in [1.807, 2.05) is 30.1 Å². The summed E-state index contributed by atoms with van der Waals surface area (Å²) in [7, 11) is 2.13. The van der Waals surface area contributed by atoms with Crippen molar-refractivity contribution in [3.8, 4) is 0 Å². The minimum absolute atomic E-state index is 0.572. The van der Waals surface area contributed by atoms with Crippen LogP contribution in [0.1, 0.15) is 12.5 Å². The second-order valence-corrected chi connectivity index (χ2v) is 4.83. The van der Waals surface area contributed by atoms with E-state index in [4.69, 9.17) is 5.84 Å². The van der Waals surface area contributed by atoms with Gasteiger partial charge in [0.05, 0.1) is 0 Å². The van der Waals surface area contributed by atoms with E-state index in [9.17, 15) is 0 Å². The molecule has 0 aliphatic rings. The van der Waals surface area contributed by atoms with Crippen LogP contribution in [0.3, 0.4) is 0 Å². The zero-order chi connectivity index (χ0) is 12.0. The molecule has 5 heteroatoms. The van der Waals surface area contributed by atoms with E-state index in [0.717, 1.165) is 12.3 Å². The van der Waals surface area contributed by atoms with Crippen molar-refractivity contribution in [3.63, 3.8) is 0 Å². The number of nitrogens with one attached hydrogen (secondary N) is 1. The molecule has 16 heavy (non-hydrogen) atoms. The number of hydrazine groups is 1. The van der Waals surface area contributed by atoms with Crippen LogP contribution in [0.4, 0.5) is 5.82 Å². The van der Waals surface area contributed by atoms with E-state index in [-0.39, 0.29) is 0 Å². The van der Waals surface area contributed by atoms with Gasteiger partial charge in [-0.2, -0.15) is 11.8 Å². The van der Waals surface area contributed by atoms with Crippen LogP contribution >= 0.6 is 11.8 Å². The van der Waals surface area contributed by atoms with Gasteiger partial charge in [-0.3, -0.25) is 4.90 Å². The zero-order valence-electron chi connectivity index (χ0n) is 10.1. The molecule has 0 radical (unpaired) electrons. The second-order valence-electron chi connectivity index (χ2n) is 3.92. The van der Waals surface area contributed by atoms with Gasteiger partial charge in [0.15, 0.2) is 0 Å². The van der Waals surface area contributed by atoms with Crippen molar-refractivity contribution in [2.45, 2.75) is 19.5 Å². The molecule has 90 valence electrons. The normalized spacial score (nSPS) is 12.8. The maximum atomic E-state index is 5.26. The first-order valence-electron chi connectivity index (χ1n) is 5.28. The summed E-state index contributed by atoms with van der Waals surface area (Å²) >= 11 is 1.87. The van der Waals surface area contributed by atoms with E-state index in [2.05, 4.69) is 35.5 Å². The third kappa shape index (κ3) is 4.00. The lowest BCUT2D eigenvalue weighted by molar-refractivity contribution is 0.269. The number of hydrogen-bond donors (Lipinski definition) is 2. The molecule has 0 saturated carbocycles. The van der Waals surface area contributed by atoms with Crippen molar-refractivity contribution in [3.05, 3.63) is 23.9 Å². The Bertz CT molecular complexity index is 301. The van der Waals surface area contributed by atoms with E-state index >= 15 is 0 Å². The van der Waals surface area contributed by atoms with Gasteiger partial charge in [-0.15, -0.1) is 0 Å². The summed E-state index contributed by atoms with van der Waals surface area (Å²) in [6.45, 7) is 3.15. The number of nitrogens with two attached hydrogens (primary N) is 1. The van der Waals surface area contributed by atoms with Crippen molar-refractivity contribution < 1.29 is 0 Å². The van der Waals surface area contributed by atoms with Crippen LogP contribution in [-0.2, 0) is 6.54 Å². The summed E-state index contributed by atoms with van der Waals surface area (Å²) in [6, 6.07) is 4.51. The van der Waals surface area contributed by atoms with Gasteiger partial charge < -0.3 is 5.43 Å². The molecule has 1 atom stereocenters. The van der Waals surface area contributed by atoms with E-state index < -0.39 is 0 Å². The SMILES string of the molecule is CSCC(C)N(C)Cc1ccc(NN)nc1. The Kier molecular flexibility index (Phi) is 5.59. The highest BCUT2D eigenvalue weighted by atomic mass is 32.2. The fourth-order valence-corrected chi connectivity index (χ4v) is 2.15. The molecule has 1 rings (SSSR count). The molecule has 0 saturated heterocycles. The van der Waals surface area contributed by atoms with Crippen molar-refractivity contribution in [1.82, 2.24) is 9.88 Å². The molecule has 0 aliphatic heterocycles. The summed E-state index contributed by atoms with van der Waals surface area (Å²) in [5.74, 6) is 7.11. The third-order valence-corrected chi connectivity index (χ3v) is 3.38. The standard InChI is InChI=1S/C11H20N4S/c1-9(8-16-3)15(2)7-10-4-5-11(14-12)13-6-10/h4-6,9H,7-8,12H2,1-3H3,(H,13,14). The van der Waals surface area contributed by atoms with Crippen molar-refractivity contribution in [2.24, 2.45) is 5.84 Å². The van der Waals surface area contributed by atoms with Crippen LogP contribution in [0.2, 0.25) is 0 Å². The van der Waals surface area contributed by atoms with Crippen LogP contribution in [0.25, 0.3) is 0 Å². The number of thioether (sulfide) groups is 1. The molecule has 1 heterocycles. The lowest BCUT2D eigenvalue weighted by atomic mass is 10.2. The van der Waals surface area contributed by atoms with Gasteiger partial charge >= 0.3 is 0 Å². The molecule has 0 aromatic carbocycles. The van der Waals surface area contributed by atoms with Crippen LogP contribution in [0.15, 0.2) is 18.3 Å². The highest BCUT2D eigenvalue weighted by Gasteiger charge is 2.08. The molecule has 0 aliphatic carbocycles. The minimum atomic E-state index is 0.572. The fourth-order valence-electron chi connectivity index (χ4n) is 1.42. The number of hydrogen-bond acceptors (Lipinski definition) is 5. The van der Waals surface area contributed by atoms with E-state index in [1.54, 1.807) is 0 Å². The monoisotopic (exact) mass is 240 g/mol. The van der Waals surface area contributed by atoms with Crippen LogP contribution in [0, 0.1) is 0 Å². The van der Waals surface area contributed by atoms with Gasteiger partial charge in [-0.1, -0.05) is 6.07 Å². The molecular weight excluding hydrogens is 220 g/mol. The van der Waals surface area contributed by atoms with Crippen molar-refractivity contribution >= 4 is 17.6 Å². The van der Waals surface area contributed by atoms with E-state index in [1.165, 1.54) is 5.56 Å². The summed E-state index contributed by atoms with van der Waals surface area (Å²) < 4.78 is 0. The first kappa shape index (κ1) is 13.3. The predicted octanol–water partition coefficient (Wildman–Crippen LogP) is 1.55. The van der Waals surface area contributed by atoms with Gasteiger partial charge in [-0.25, -0.2) is 10.8 Å². The largest absolute Gasteiger partial charge is 0.308 e. The molecule has 1 unspecified atom stereocenters. The molecule has 3 N–H and O–H groups in total. The minimum Gasteiger partial charge on any atom is -0.308 e. The summed E-state index contributed by atoms with van der Waals surface area (Å²) in [6.07, 6.45) is 3.99. The number of pyridine rings is 1. The number of aromatic nitrogens is 1. The maximum absolute atomic E-state index is 5.26. The lowest BCUT2D eigenvalue weighted by Gasteiger charge is -2.23. The number of anilines is 1. The number of nitrogens with zero attached hydrogens (tertiary/aromatic N) is 2. The number of rotatable bonds is 6. The maximum Gasteiger partial charge on any atom is 0.139 e. The van der Waals surface area contributed by atoms with E-state index in [0.29, 0.717) is 11.9 Å². The van der Waals surface area contributed by atoms with Crippen LogP contribution in [-0.4, -0.2) is 35.0 Å². The first-order chi connectivity index (χ1) is 7.67. The summed E-state index contributed by atoms with van der Waals surface area (Å²) in [4.78, 5) is 6.51. The fraction of sp³-hybridized carbons (Fsp3) is 0.545. The zero-order valence-corrected chi connectivity index (χ0v) is 10.9. The Morgan fingerprint density at radius 3 is 2.81 bits per heavy atom. The van der Waals surface area contributed by atoms with Gasteiger partial charge in [0.25, 0.3) is 0 Å². The summed E-state index contributed by atoms with van der Waals surface area (Å²) in [5.41, 5.74) is 3.73. The number of nitrogen functional groups attached to an aromatic ring is 1. The van der Waals surface area contributed by atoms with Gasteiger partial charge in [-0.05, 0) is 31.9 Å². The van der Waals surface area contributed by atoms with Crippen molar-refractivity contribution in [1.29, 1.82) is 0 Å². The molecule has 1 aromatic heterocycles. The second kappa shape index (κ2) is 6.73. The molecule has 0 spiro atoms. The van der Waals surface area contributed by atoms with Gasteiger partial charge in [0, 0.05) is 24.5 Å². The highest BCUT2D eigenvalue weighted by molar-refractivity contribution is 7.98. The smallest absolute Gasteiger partial charge is 0.139 e. The molecule has 0 fully saturated rings. The van der Waals surface area contributed by atoms with Gasteiger partial charge in [0.2, 0.25) is 0 Å². The van der Waals surface area contributed by atoms with Crippen LogP contribution < -0.4 is 11.3 Å². The average molecular weight is 240 g/mol. The molecule has 4 nitrogen and oxygen atoms in total.